The van der Waals surface area contributed by atoms with Crippen LogP contribution in [0.15, 0.2) is 24.3 Å². The average molecular weight is 301 g/mol. The molecule has 0 unspecified atom stereocenters. The third-order valence-corrected chi connectivity index (χ3v) is 6.32. The molecule has 0 aromatic heterocycles. The predicted molar refractivity (Wildman–Crippen MR) is 87.2 cm³/mol. The zero-order chi connectivity index (χ0) is 15.1. The number of β-amino-alcohol motifs (C(OH)–C–C–N with tert-alkyl or cyclic N) is 1. The lowest BCUT2D eigenvalue weighted by Crippen LogP contribution is -2.49. The van der Waals surface area contributed by atoms with Crippen molar-refractivity contribution in [3.8, 4) is 5.75 Å². The minimum Gasteiger partial charge on any atom is -0.496 e. The highest BCUT2D eigenvalue weighted by Crippen LogP contribution is 2.47. The molecule has 0 radical (unpaired) electrons. The molecule has 0 spiro atoms. The second-order valence-corrected chi connectivity index (χ2v) is 7.44. The first-order valence-electron chi connectivity index (χ1n) is 8.81. The summed E-state index contributed by atoms with van der Waals surface area (Å²) in [6.45, 7) is 1.95. The minimum absolute atomic E-state index is 0.214. The van der Waals surface area contributed by atoms with Gasteiger partial charge in [0, 0.05) is 18.5 Å². The van der Waals surface area contributed by atoms with Crippen LogP contribution in [-0.4, -0.2) is 42.4 Å². The van der Waals surface area contributed by atoms with E-state index in [4.69, 9.17) is 4.74 Å². The van der Waals surface area contributed by atoms with Crippen molar-refractivity contribution in [3.05, 3.63) is 29.8 Å². The number of likely N-dealkylation sites (tertiary alicyclic amines) is 1. The topological polar surface area (TPSA) is 32.7 Å². The maximum atomic E-state index is 10.7. The van der Waals surface area contributed by atoms with Gasteiger partial charge in [-0.1, -0.05) is 24.6 Å². The van der Waals surface area contributed by atoms with Gasteiger partial charge in [-0.2, -0.15) is 0 Å². The largest absolute Gasteiger partial charge is 0.496 e. The fraction of sp³-hybridized carbons (Fsp3) is 0.684. The third kappa shape index (κ3) is 2.44. The summed E-state index contributed by atoms with van der Waals surface area (Å²) in [5.74, 6) is 3.00. The molecule has 1 aliphatic heterocycles. The first-order valence-corrected chi connectivity index (χ1v) is 8.81. The van der Waals surface area contributed by atoms with E-state index in [0.717, 1.165) is 43.1 Å². The maximum absolute atomic E-state index is 10.7. The van der Waals surface area contributed by atoms with Gasteiger partial charge in [0.15, 0.2) is 0 Å². The molecule has 3 fully saturated rings. The van der Waals surface area contributed by atoms with Crippen LogP contribution in [-0.2, 0) is 0 Å². The van der Waals surface area contributed by atoms with Crippen molar-refractivity contribution < 1.29 is 9.84 Å². The second-order valence-electron chi connectivity index (χ2n) is 7.44. The number of rotatable bonds is 3. The molecule has 3 aliphatic rings. The Labute approximate surface area is 133 Å². The van der Waals surface area contributed by atoms with Gasteiger partial charge in [-0.05, 0) is 55.7 Å². The fourth-order valence-electron chi connectivity index (χ4n) is 5.25. The van der Waals surface area contributed by atoms with Gasteiger partial charge >= 0.3 is 0 Å². The van der Waals surface area contributed by atoms with E-state index in [1.54, 1.807) is 7.11 Å². The molecule has 120 valence electrons. The number of aliphatic hydroxyl groups excluding tert-OH is 1. The van der Waals surface area contributed by atoms with Crippen LogP contribution in [0.3, 0.4) is 0 Å². The summed E-state index contributed by atoms with van der Waals surface area (Å²) in [6, 6.07) is 8.91. The molecular formula is C19H27NO2. The molecular weight excluding hydrogens is 274 g/mol. The van der Waals surface area contributed by atoms with Crippen LogP contribution >= 0.6 is 0 Å². The van der Waals surface area contributed by atoms with Crippen molar-refractivity contribution >= 4 is 0 Å². The van der Waals surface area contributed by atoms with Gasteiger partial charge in [-0.3, -0.25) is 4.90 Å². The van der Waals surface area contributed by atoms with E-state index in [0.29, 0.717) is 0 Å². The van der Waals surface area contributed by atoms with Gasteiger partial charge in [0.2, 0.25) is 0 Å². The van der Waals surface area contributed by atoms with E-state index >= 15 is 0 Å². The van der Waals surface area contributed by atoms with Crippen molar-refractivity contribution in [1.82, 2.24) is 4.90 Å². The Hall–Kier alpha value is -1.06. The summed E-state index contributed by atoms with van der Waals surface area (Å²) in [4.78, 5) is 2.58. The van der Waals surface area contributed by atoms with Gasteiger partial charge in [-0.25, -0.2) is 0 Å². The fourth-order valence-corrected chi connectivity index (χ4v) is 5.25. The Morgan fingerprint density at radius 2 is 2.00 bits per heavy atom. The third-order valence-electron chi connectivity index (χ3n) is 6.32. The number of fused-ring (bicyclic) bond motifs is 2. The van der Waals surface area contributed by atoms with Crippen LogP contribution < -0.4 is 4.74 Å². The predicted octanol–water partition coefficient (Wildman–Crippen LogP) is 3.03. The molecule has 2 bridgehead atoms. The molecule has 1 aromatic carbocycles. The number of ether oxygens (including phenoxy) is 1. The Kier molecular flexibility index (Phi) is 3.87. The smallest absolute Gasteiger partial charge is 0.122 e. The molecule has 2 aliphatic carbocycles. The SMILES string of the molecule is COc1ccccc1[C@H]1CCN([C@@H]2C[C@H]3CC[C@H]2C3)C[C@H]1O. The van der Waals surface area contributed by atoms with E-state index in [1.165, 1.54) is 31.2 Å². The van der Waals surface area contributed by atoms with Crippen LogP contribution in [0.4, 0.5) is 0 Å². The van der Waals surface area contributed by atoms with Crippen LogP contribution in [0.2, 0.25) is 0 Å². The number of nitrogens with zero attached hydrogens (tertiary/aromatic N) is 1. The molecule has 4 rings (SSSR count). The van der Waals surface area contributed by atoms with E-state index in [1.807, 2.05) is 18.2 Å². The standard InChI is InChI=1S/C19H27NO2/c1-22-19-5-3-2-4-16(19)15-8-9-20(12-18(15)21)17-11-13-6-7-14(17)10-13/h2-5,13-15,17-18,21H,6-12H2,1H3/t13-,14-,15+,17+,18+/m0/s1. The highest BCUT2D eigenvalue weighted by Gasteiger charge is 2.44. The quantitative estimate of drug-likeness (QED) is 0.931. The first-order chi connectivity index (χ1) is 10.8. The van der Waals surface area contributed by atoms with Gasteiger partial charge < -0.3 is 9.84 Å². The Balaban J connectivity index is 1.46. The van der Waals surface area contributed by atoms with Crippen molar-refractivity contribution in [2.75, 3.05) is 20.2 Å². The van der Waals surface area contributed by atoms with Crippen LogP contribution in [0.25, 0.3) is 0 Å². The summed E-state index contributed by atoms with van der Waals surface area (Å²) in [5.41, 5.74) is 1.17. The molecule has 1 N–H and O–H groups in total. The van der Waals surface area contributed by atoms with Crippen LogP contribution in [0, 0.1) is 11.8 Å². The number of hydrogen-bond donors (Lipinski definition) is 1. The van der Waals surface area contributed by atoms with Crippen molar-refractivity contribution in [1.29, 1.82) is 0 Å². The number of piperidine rings is 1. The van der Waals surface area contributed by atoms with E-state index in [-0.39, 0.29) is 12.0 Å². The van der Waals surface area contributed by atoms with E-state index in [9.17, 15) is 5.11 Å². The lowest BCUT2D eigenvalue weighted by atomic mass is 9.84. The van der Waals surface area contributed by atoms with E-state index in [2.05, 4.69) is 11.0 Å². The minimum atomic E-state index is -0.274. The molecule has 22 heavy (non-hydrogen) atoms. The van der Waals surface area contributed by atoms with Crippen molar-refractivity contribution in [2.24, 2.45) is 11.8 Å². The summed E-state index contributed by atoms with van der Waals surface area (Å²) in [6.07, 6.45) is 6.43. The molecule has 3 heteroatoms. The second kappa shape index (κ2) is 5.86. The monoisotopic (exact) mass is 301 g/mol. The van der Waals surface area contributed by atoms with Crippen LogP contribution in [0.5, 0.6) is 5.75 Å². The van der Waals surface area contributed by atoms with Gasteiger partial charge in [0.25, 0.3) is 0 Å². The lowest BCUT2D eigenvalue weighted by molar-refractivity contribution is 0.0155. The summed E-state index contributed by atoms with van der Waals surface area (Å²) >= 11 is 0. The summed E-state index contributed by atoms with van der Waals surface area (Å²) in [5, 5.41) is 10.7. The number of aliphatic hydroxyl groups is 1. The van der Waals surface area contributed by atoms with Crippen molar-refractivity contribution in [2.45, 2.75) is 50.2 Å². The Bertz CT molecular complexity index is 532. The molecule has 0 amide bonds. The highest BCUT2D eigenvalue weighted by atomic mass is 16.5. The van der Waals surface area contributed by atoms with Crippen LogP contribution in [0.1, 0.15) is 43.6 Å². The first kappa shape index (κ1) is 14.5. The summed E-state index contributed by atoms with van der Waals surface area (Å²) < 4.78 is 5.49. The maximum Gasteiger partial charge on any atom is 0.122 e. The van der Waals surface area contributed by atoms with Gasteiger partial charge in [0.05, 0.1) is 13.2 Å². The molecule has 3 nitrogen and oxygen atoms in total. The zero-order valence-corrected chi connectivity index (χ0v) is 13.4. The van der Waals surface area contributed by atoms with E-state index < -0.39 is 0 Å². The van der Waals surface area contributed by atoms with Gasteiger partial charge in [0.1, 0.15) is 5.75 Å². The van der Waals surface area contributed by atoms with Gasteiger partial charge in [-0.15, -0.1) is 0 Å². The molecule has 1 aromatic rings. The normalized spacial score (nSPS) is 38.4. The number of para-hydroxylation sites is 1. The Morgan fingerprint density at radius 3 is 2.68 bits per heavy atom. The molecule has 5 atom stereocenters. The Morgan fingerprint density at radius 1 is 1.14 bits per heavy atom. The number of hydrogen-bond acceptors (Lipinski definition) is 3. The average Bonchev–Trinajstić information content (AvgIpc) is 3.18. The lowest BCUT2D eigenvalue weighted by Gasteiger charge is -2.42. The number of methoxy groups -OCH3 is 1. The molecule has 2 saturated carbocycles. The zero-order valence-electron chi connectivity index (χ0n) is 13.4. The molecule has 1 heterocycles. The molecule has 1 saturated heterocycles. The summed E-state index contributed by atoms with van der Waals surface area (Å²) in [7, 11) is 1.72. The number of benzene rings is 1. The highest BCUT2D eigenvalue weighted by molar-refractivity contribution is 5.37. The van der Waals surface area contributed by atoms with Crippen molar-refractivity contribution in [3.63, 3.8) is 0 Å².